The molecule has 2 rings (SSSR count). The Hall–Kier alpha value is -1.36. The molecule has 1 aromatic carbocycles. The average Bonchev–Trinajstić information content (AvgIpc) is 2.91. The van der Waals surface area contributed by atoms with Gasteiger partial charge in [0.1, 0.15) is 6.04 Å². The van der Waals surface area contributed by atoms with Gasteiger partial charge in [-0.25, -0.2) is 0 Å². The van der Waals surface area contributed by atoms with Crippen molar-refractivity contribution in [2.75, 3.05) is 0 Å². The van der Waals surface area contributed by atoms with Crippen molar-refractivity contribution in [1.82, 2.24) is 5.32 Å². The molecule has 0 saturated carbocycles. The van der Waals surface area contributed by atoms with E-state index in [1.807, 2.05) is 48.7 Å². The maximum atomic E-state index is 12.0. The number of hydrogen-bond donors (Lipinski definition) is 2. The summed E-state index contributed by atoms with van der Waals surface area (Å²) in [7, 11) is 0. The molecule has 0 fully saturated rings. The van der Waals surface area contributed by atoms with E-state index in [0.717, 1.165) is 12.0 Å². The number of amides is 1. The van der Waals surface area contributed by atoms with Crippen molar-refractivity contribution in [3.8, 4) is 0 Å². The molecule has 1 aromatic heterocycles. The third-order valence-corrected chi connectivity index (χ3v) is 3.82. The molecule has 2 atom stereocenters. The quantitative estimate of drug-likeness (QED) is 0.892. The van der Waals surface area contributed by atoms with E-state index in [-0.39, 0.29) is 24.4 Å². The Morgan fingerprint density at radius 2 is 1.95 bits per heavy atom. The van der Waals surface area contributed by atoms with Crippen molar-refractivity contribution in [2.45, 2.75) is 25.4 Å². The SMILES string of the molecule is CC(Cc1cccs1)NC(=O)C(N)c1ccccc1.Cl. The first-order chi connectivity index (χ1) is 9.16. The first-order valence-electron chi connectivity index (χ1n) is 6.30. The van der Waals surface area contributed by atoms with E-state index < -0.39 is 6.04 Å². The van der Waals surface area contributed by atoms with Crippen LogP contribution in [0.4, 0.5) is 0 Å². The van der Waals surface area contributed by atoms with Crippen molar-refractivity contribution in [3.05, 3.63) is 58.3 Å². The van der Waals surface area contributed by atoms with Crippen LogP contribution >= 0.6 is 23.7 Å². The number of nitrogens with one attached hydrogen (secondary N) is 1. The van der Waals surface area contributed by atoms with Crippen molar-refractivity contribution >= 4 is 29.7 Å². The normalized spacial score (nSPS) is 13.1. The highest BCUT2D eigenvalue weighted by atomic mass is 35.5. The van der Waals surface area contributed by atoms with Crippen LogP contribution < -0.4 is 11.1 Å². The van der Waals surface area contributed by atoms with Crippen LogP contribution in [-0.4, -0.2) is 11.9 Å². The Balaban J connectivity index is 0.00000200. The Bertz CT molecular complexity index is 516. The third-order valence-electron chi connectivity index (χ3n) is 2.92. The smallest absolute Gasteiger partial charge is 0.241 e. The van der Waals surface area contributed by atoms with Gasteiger partial charge in [-0.15, -0.1) is 23.7 Å². The van der Waals surface area contributed by atoms with Crippen molar-refractivity contribution < 1.29 is 4.79 Å². The lowest BCUT2D eigenvalue weighted by molar-refractivity contribution is -0.123. The first kappa shape index (κ1) is 16.7. The van der Waals surface area contributed by atoms with E-state index in [2.05, 4.69) is 11.4 Å². The average molecular weight is 311 g/mol. The highest BCUT2D eigenvalue weighted by molar-refractivity contribution is 7.09. The zero-order valence-electron chi connectivity index (χ0n) is 11.3. The molecule has 1 heterocycles. The lowest BCUT2D eigenvalue weighted by Crippen LogP contribution is -2.40. The topological polar surface area (TPSA) is 55.1 Å². The van der Waals surface area contributed by atoms with Gasteiger partial charge in [0.15, 0.2) is 0 Å². The van der Waals surface area contributed by atoms with Gasteiger partial charge in [0.25, 0.3) is 0 Å². The summed E-state index contributed by atoms with van der Waals surface area (Å²) in [6, 6.07) is 13.0. The molecule has 0 spiro atoms. The molecular weight excluding hydrogens is 292 g/mol. The van der Waals surface area contributed by atoms with Crippen molar-refractivity contribution in [2.24, 2.45) is 5.73 Å². The summed E-state index contributed by atoms with van der Waals surface area (Å²) in [5.74, 6) is -0.129. The summed E-state index contributed by atoms with van der Waals surface area (Å²) in [5.41, 5.74) is 6.79. The molecule has 108 valence electrons. The molecule has 3 N–H and O–H groups in total. The molecule has 0 aliphatic carbocycles. The van der Waals surface area contributed by atoms with Crippen LogP contribution in [0.15, 0.2) is 47.8 Å². The number of carbonyl (C=O) groups is 1. The number of halogens is 1. The van der Waals surface area contributed by atoms with Gasteiger partial charge in [-0.1, -0.05) is 36.4 Å². The Morgan fingerprint density at radius 3 is 2.55 bits per heavy atom. The first-order valence-corrected chi connectivity index (χ1v) is 7.18. The van der Waals surface area contributed by atoms with E-state index in [1.165, 1.54) is 4.88 Å². The van der Waals surface area contributed by atoms with Crippen LogP contribution in [-0.2, 0) is 11.2 Å². The van der Waals surface area contributed by atoms with E-state index in [0.29, 0.717) is 0 Å². The third kappa shape index (κ3) is 4.63. The number of thiophene rings is 1. The Labute approximate surface area is 129 Å². The molecule has 5 heteroatoms. The van der Waals surface area contributed by atoms with Gasteiger partial charge in [-0.2, -0.15) is 0 Å². The molecule has 3 nitrogen and oxygen atoms in total. The zero-order valence-corrected chi connectivity index (χ0v) is 12.9. The van der Waals surface area contributed by atoms with Gasteiger partial charge in [0, 0.05) is 17.3 Å². The van der Waals surface area contributed by atoms with E-state index in [9.17, 15) is 4.79 Å². The van der Waals surface area contributed by atoms with Gasteiger partial charge in [-0.05, 0) is 23.9 Å². The Kier molecular flexibility index (Phi) is 6.71. The fourth-order valence-corrected chi connectivity index (χ4v) is 2.76. The van der Waals surface area contributed by atoms with E-state index in [1.54, 1.807) is 11.3 Å². The number of hydrogen-bond acceptors (Lipinski definition) is 3. The summed E-state index contributed by atoms with van der Waals surface area (Å²) >= 11 is 1.70. The summed E-state index contributed by atoms with van der Waals surface area (Å²) in [5, 5.41) is 5.00. The van der Waals surface area contributed by atoms with Gasteiger partial charge in [0.05, 0.1) is 0 Å². The minimum Gasteiger partial charge on any atom is -0.352 e. The molecule has 0 saturated heterocycles. The fraction of sp³-hybridized carbons (Fsp3) is 0.267. The van der Waals surface area contributed by atoms with Gasteiger partial charge < -0.3 is 11.1 Å². The molecule has 0 bridgehead atoms. The number of carbonyl (C=O) groups excluding carboxylic acids is 1. The van der Waals surface area contributed by atoms with Crippen molar-refractivity contribution in [1.29, 1.82) is 0 Å². The van der Waals surface area contributed by atoms with Gasteiger partial charge in [0.2, 0.25) is 5.91 Å². The minimum atomic E-state index is -0.605. The number of nitrogens with two attached hydrogens (primary N) is 1. The lowest BCUT2D eigenvalue weighted by atomic mass is 10.1. The summed E-state index contributed by atoms with van der Waals surface area (Å²) in [6.45, 7) is 2.00. The number of rotatable bonds is 5. The summed E-state index contributed by atoms with van der Waals surface area (Å²) < 4.78 is 0. The molecule has 0 aliphatic heterocycles. The van der Waals surface area contributed by atoms with Gasteiger partial charge >= 0.3 is 0 Å². The summed E-state index contributed by atoms with van der Waals surface area (Å²) in [4.78, 5) is 13.3. The maximum Gasteiger partial charge on any atom is 0.241 e. The second-order valence-electron chi connectivity index (χ2n) is 4.58. The van der Waals surface area contributed by atoms with Crippen LogP contribution in [0.25, 0.3) is 0 Å². The zero-order chi connectivity index (χ0) is 13.7. The van der Waals surface area contributed by atoms with Crippen LogP contribution in [0.2, 0.25) is 0 Å². The predicted molar refractivity (Wildman–Crippen MR) is 86.2 cm³/mol. The monoisotopic (exact) mass is 310 g/mol. The van der Waals surface area contributed by atoms with Crippen LogP contribution in [0, 0.1) is 0 Å². The summed E-state index contributed by atoms with van der Waals surface area (Å²) in [6.07, 6.45) is 0.838. The van der Waals surface area contributed by atoms with Crippen LogP contribution in [0.5, 0.6) is 0 Å². The largest absolute Gasteiger partial charge is 0.352 e. The second kappa shape index (κ2) is 8.04. The molecule has 2 unspecified atom stereocenters. The molecule has 0 aliphatic rings. The van der Waals surface area contributed by atoms with Crippen LogP contribution in [0.3, 0.4) is 0 Å². The van der Waals surface area contributed by atoms with Crippen molar-refractivity contribution in [3.63, 3.8) is 0 Å². The van der Waals surface area contributed by atoms with Gasteiger partial charge in [-0.3, -0.25) is 4.79 Å². The Morgan fingerprint density at radius 1 is 1.25 bits per heavy atom. The lowest BCUT2D eigenvalue weighted by Gasteiger charge is -2.17. The van der Waals surface area contributed by atoms with E-state index >= 15 is 0 Å². The van der Waals surface area contributed by atoms with E-state index in [4.69, 9.17) is 5.73 Å². The highest BCUT2D eigenvalue weighted by Gasteiger charge is 2.17. The number of benzene rings is 1. The predicted octanol–water partition coefficient (Wildman–Crippen LogP) is 2.92. The standard InChI is InChI=1S/C15H18N2OS.ClH/c1-11(10-13-8-5-9-19-13)17-15(18)14(16)12-6-3-2-4-7-12;/h2-9,11,14H,10,16H2,1H3,(H,17,18);1H. The molecule has 2 aromatic rings. The molecule has 20 heavy (non-hydrogen) atoms. The molecular formula is C15H19ClN2OS. The second-order valence-corrected chi connectivity index (χ2v) is 5.61. The molecule has 0 radical (unpaired) electrons. The maximum absolute atomic E-state index is 12.0. The van der Waals surface area contributed by atoms with Crippen LogP contribution in [0.1, 0.15) is 23.4 Å². The molecule has 1 amide bonds. The fourth-order valence-electron chi connectivity index (χ4n) is 1.93. The highest BCUT2D eigenvalue weighted by Crippen LogP contribution is 2.13. The minimum absolute atomic E-state index is 0.